The molecule has 0 radical (unpaired) electrons. The van der Waals surface area contributed by atoms with Gasteiger partial charge in [0.25, 0.3) is 11.8 Å². The highest BCUT2D eigenvalue weighted by Gasteiger charge is 2.40. The maximum atomic E-state index is 12.8. The first-order chi connectivity index (χ1) is 15.7. The Morgan fingerprint density at radius 1 is 1.06 bits per heavy atom. The number of carbonyl (C=O) groups is 2. The fourth-order valence-electron chi connectivity index (χ4n) is 5.51. The van der Waals surface area contributed by atoms with Gasteiger partial charge in [-0.15, -0.1) is 10.2 Å². The van der Waals surface area contributed by atoms with Crippen molar-refractivity contribution < 1.29 is 9.59 Å². The zero-order valence-electron chi connectivity index (χ0n) is 17.5. The third kappa shape index (κ3) is 3.25. The molecule has 6 rings (SSSR count). The smallest absolute Gasteiger partial charge is 0.276 e. The number of anilines is 1. The van der Waals surface area contributed by atoms with E-state index in [9.17, 15) is 9.59 Å². The first-order valence-corrected chi connectivity index (χ1v) is 11.2. The van der Waals surface area contributed by atoms with Crippen molar-refractivity contribution in [3.05, 3.63) is 77.7 Å². The molecule has 32 heavy (non-hydrogen) atoms. The van der Waals surface area contributed by atoms with Crippen molar-refractivity contribution in [1.29, 1.82) is 0 Å². The van der Waals surface area contributed by atoms with Gasteiger partial charge in [0.2, 0.25) is 0 Å². The average Bonchev–Trinajstić information content (AvgIpc) is 3.57. The zero-order chi connectivity index (χ0) is 21.7. The fourth-order valence-corrected chi connectivity index (χ4v) is 5.51. The van der Waals surface area contributed by atoms with E-state index in [0.29, 0.717) is 28.9 Å². The van der Waals surface area contributed by atoms with Crippen LogP contribution in [0.15, 0.2) is 76.8 Å². The first kappa shape index (κ1) is 19.1. The number of hydrogen-bond acceptors (Lipinski definition) is 4. The standard InChI is InChI=1S/C25H23N5O2/c31-24(18-13-26-30(14-18)22-12-15-5-6-17(22)11-15)27-19-9-7-16(8-10-19)23-20-3-1-2-4-21(20)25(32)29-28-23/h1-4,7-10,13-15,17,21-22H,5-6,11-12H2,(H,27,31)/t15-,17+,21?,22+/m1/s1. The van der Waals surface area contributed by atoms with E-state index in [1.165, 1.54) is 25.7 Å². The van der Waals surface area contributed by atoms with Crippen LogP contribution in [0.3, 0.4) is 0 Å². The number of rotatable bonds is 4. The molecule has 2 amide bonds. The molecule has 4 atom stereocenters. The molecule has 1 aromatic heterocycles. The summed E-state index contributed by atoms with van der Waals surface area (Å²) in [5.41, 5.74) is 3.64. The zero-order valence-corrected chi connectivity index (χ0v) is 17.5. The number of azo groups is 1. The Kier molecular flexibility index (Phi) is 4.48. The molecule has 0 spiro atoms. The van der Waals surface area contributed by atoms with Crippen LogP contribution in [0.2, 0.25) is 0 Å². The normalized spacial score (nSPS) is 27.8. The summed E-state index contributed by atoms with van der Waals surface area (Å²) in [6.45, 7) is 0. The number of benzene rings is 1. The van der Waals surface area contributed by atoms with Crippen molar-refractivity contribution in [3.63, 3.8) is 0 Å². The molecule has 3 aliphatic carbocycles. The van der Waals surface area contributed by atoms with Gasteiger partial charge in [0.05, 0.1) is 29.4 Å². The molecule has 7 nitrogen and oxygen atoms in total. The van der Waals surface area contributed by atoms with Gasteiger partial charge in [-0.3, -0.25) is 14.3 Å². The van der Waals surface area contributed by atoms with E-state index in [1.54, 1.807) is 6.20 Å². The number of fused-ring (bicyclic) bond motifs is 3. The molecule has 160 valence electrons. The summed E-state index contributed by atoms with van der Waals surface area (Å²) in [6.07, 6.45) is 16.1. The Labute approximate surface area is 185 Å². The Balaban J connectivity index is 1.17. The summed E-state index contributed by atoms with van der Waals surface area (Å²) in [4.78, 5) is 24.8. The quantitative estimate of drug-likeness (QED) is 0.752. The minimum Gasteiger partial charge on any atom is -0.322 e. The maximum Gasteiger partial charge on any atom is 0.276 e. The third-order valence-corrected chi connectivity index (χ3v) is 7.13. The van der Waals surface area contributed by atoms with Gasteiger partial charge in [-0.25, -0.2) is 0 Å². The lowest BCUT2D eigenvalue weighted by Crippen LogP contribution is -2.17. The SMILES string of the molecule is O=C(Nc1ccc(C2=C3C=CC=CC3C(=O)N=N2)cc1)c1cnn([C@H]2C[C@@H]3CC[C@H]2C3)c1. The molecule has 2 aromatic rings. The number of amides is 2. The molecule has 2 heterocycles. The second-order valence-electron chi connectivity index (χ2n) is 9.05. The van der Waals surface area contributed by atoms with Crippen LogP contribution in [0, 0.1) is 17.8 Å². The van der Waals surface area contributed by atoms with E-state index in [1.807, 2.05) is 59.4 Å². The third-order valence-electron chi connectivity index (χ3n) is 7.13. The van der Waals surface area contributed by atoms with Gasteiger partial charge >= 0.3 is 0 Å². The van der Waals surface area contributed by atoms with Gasteiger partial charge in [-0.1, -0.05) is 42.9 Å². The minimum absolute atomic E-state index is 0.169. The van der Waals surface area contributed by atoms with Crippen LogP contribution in [0.4, 0.5) is 5.69 Å². The summed E-state index contributed by atoms with van der Waals surface area (Å²) < 4.78 is 1.99. The second-order valence-corrected chi connectivity index (χ2v) is 9.05. The van der Waals surface area contributed by atoms with Crippen molar-refractivity contribution in [2.24, 2.45) is 28.0 Å². The first-order valence-electron chi connectivity index (χ1n) is 11.2. The Bertz CT molecular complexity index is 1220. The molecular weight excluding hydrogens is 402 g/mol. The molecule has 2 bridgehead atoms. The van der Waals surface area contributed by atoms with Gasteiger partial charge in [0.15, 0.2) is 0 Å². The topological polar surface area (TPSA) is 88.7 Å². The van der Waals surface area contributed by atoms with Crippen LogP contribution < -0.4 is 5.32 Å². The van der Waals surface area contributed by atoms with Crippen LogP contribution in [-0.4, -0.2) is 21.6 Å². The number of nitrogens with zero attached hydrogens (tertiary/aromatic N) is 4. The van der Waals surface area contributed by atoms with Crippen molar-refractivity contribution in [2.45, 2.75) is 31.7 Å². The Morgan fingerprint density at radius 3 is 2.72 bits per heavy atom. The van der Waals surface area contributed by atoms with Crippen LogP contribution in [0.1, 0.15) is 47.6 Å². The molecule has 0 saturated heterocycles. The molecule has 1 aromatic carbocycles. The van der Waals surface area contributed by atoms with E-state index in [0.717, 1.165) is 17.1 Å². The summed E-state index contributed by atoms with van der Waals surface area (Å²) in [5, 5.41) is 15.4. The van der Waals surface area contributed by atoms with Gasteiger partial charge < -0.3 is 5.32 Å². The molecular formula is C25H23N5O2. The highest BCUT2D eigenvalue weighted by Crippen LogP contribution is 2.50. The molecule has 2 saturated carbocycles. The predicted octanol–water partition coefficient (Wildman–Crippen LogP) is 4.94. The summed E-state index contributed by atoms with van der Waals surface area (Å²) >= 11 is 0. The molecule has 1 N–H and O–H groups in total. The average molecular weight is 425 g/mol. The number of allylic oxidation sites excluding steroid dienone is 3. The fraction of sp³-hybridized carbons (Fsp3) is 0.320. The van der Waals surface area contributed by atoms with Crippen LogP contribution >= 0.6 is 0 Å². The van der Waals surface area contributed by atoms with Gasteiger partial charge in [0, 0.05) is 17.4 Å². The number of hydrogen-bond donors (Lipinski definition) is 1. The molecule has 2 fully saturated rings. The second kappa shape index (κ2) is 7.51. The number of aromatic nitrogens is 2. The van der Waals surface area contributed by atoms with Crippen molar-refractivity contribution in [1.82, 2.24) is 9.78 Å². The minimum atomic E-state index is -0.376. The Morgan fingerprint density at radius 2 is 1.94 bits per heavy atom. The monoisotopic (exact) mass is 425 g/mol. The summed E-state index contributed by atoms with van der Waals surface area (Å²) in [6, 6.07) is 7.88. The van der Waals surface area contributed by atoms with E-state index in [4.69, 9.17) is 0 Å². The maximum absolute atomic E-state index is 12.8. The highest BCUT2D eigenvalue weighted by molar-refractivity contribution is 6.04. The van der Waals surface area contributed by atoms with Crippen molar-refractivity contribution in [3.8, 4) is 0 Å². The lowest BCUT2D eigenvalue weighted by molar-refractivity contribution is -0.119. The van der Waals surface area contributed by atoms with Gasteiger partial charge in [-0.05, 0) is 48.8 Å². The molecule has 1 aliphatic heterocycles. The molecule has 4 aliphatic rings. The number of carbonyl (C=O) groups excluding carboxylic acids is 2. The predicted molar refractivity (Wildman–Crippen MR) is 120 cm³/mol. The van der Waals surface area contributed by atoms with Crippen LogP contribution in [0.5, 0.6) is 0 Å². The highest BCUT2D eigenvalue weighted by atomic mass is 16.2. The van der Waals surface area contributed by atoms with Crippen LogP contribution in [-0.2, 0) is 4.79 Å². The lowest BCUT2D eigenvalue weighted by atomic mass is 9.89. The molecule has 1 unspecified atom stereocenters. The molecule has 7 heteroatoms. The van der Waals surface area contributed by atoms with E-state index < -0.39 is 0 Å². The van der Waals surface area contributed by atoms with E-state index >= 15 is 0 Å². The van der Waals surface area contributed by atoms with Gasteiger partial charge in [0.1, 0.15) is 0 Å². The lowest BCUT2D eigenvalue weighted by Gasteiger charge is -2.21. The van der Waals surface area contributed by atoms with Crippen molar-refractivity contribution >= 4 is 23.2 Å². The van der Waals surface area contributed by atoms with Crippen molar-refractivity contribution in [2.75, 3.05) is 5.32 Å². The van der Waals surface area contributed by atoms with E-state index in [-0.39, 0.29) is 17.7 Å². The Hall–Kier alpha value is -3.61. The summed E-state index contributed by atoms with van der Waals surface area (Å²) in [5.74, 6) is 0.744. The number of nitrogens with one attached hydrogen (secondary N) is 1. The largest absolute Gasteiger partial charge is 0.322 e. The van der Waals surface area contributed by atoms with Crippen LogP contribution in [0.25, 0.3) is 5.70 Å². The van der Waals surface area contributed by atoms with Gasteiger partial charge in [-0.2, -0.15) is 5.10 Å². The summed E-state index contributed by atoms with van der Waals surface area (Å²) in [7, 11) is 0. The van der Waals surface area contributed by atoms with E-state index in [2.05, 4.69) is 20.6 Å².